The SMILES string of the molecule is CNS(=O)(=O)c1ccc(Oc2ccc(Cl)c(C)c2)c(N)c1. The van der Waals surface area contributed by atoms with Gasteiger partial charge in [-0.15, -0.1) is 0 Å². The summed E-state index contributed by atoms with van der Waals surface area (Å²) in [4.78, 5) is 0.0853. The Morgan fingerprint density at radius 1 is 1.19 bits per heavy atom. The van der Waals surface area contributed by atoms with E-state index in [-0.39, 0.29) is 10.6 Å². The van der Waals surface area contributed by atoms with Crippen molar-refractivity contribution >= 4 is 27.3 Å². The Bertz CT molecular complexity index is 776. The van der Waals surface area contributed by atoms with Crippen molar-refractivity contribution in [3.05, 3.63) is 47.0 Å². The molecule has 0 heterocycles. The third kappa shape index (κ3) is 3.47. The zero-order chi connectivity index (χ0) is 15.6. The molecule has 0 radical (unpaired) electrons. The van der Waals surface area contributed by atoms with Crippen molar-refractivity contribution in [1.29, 1.82) is 0 Å². The average Bonchev–Trinajstić information content (AvgIpc) is 2.45. The molecule has 2 aromatic carbocycles. The van der Waals surface area contributed by atoms with E-state index in [1.807, 2.05) is 6.92 Å². The second-order valence-corrected chi connectivity index (χ2v) is 6.71. The predicted octanol–water partition coefficient (Wildman–Crippen LogP) is 2.93. The monoisotopic (exact) mass is 326 g/mol. The first-order valence-electron chi connectivity index (χ1n) is 6.10. The lowest BCUT2D eigenvalue weighted by molar-refractivity contribution is 0.484. The van der Waals surface area contributed by atoms with Crippen molar-refractivity contribution in [1.82, 2.24) is 4.72 Å². The zero-order valence-electron chi connectivity index (χ0n) is 11.6. The normalized spacial score (nSPS) is 11.4. The van der Waals surface area contributed by atoms with Gasteiger partial charge in [-0.1, -0.05) is 11.6 Å². The summed E-state index contributed by atoms with van der Waals surface area (Å²) in [5.74, 6) is 0.958. The Hall–Kier alpha value is -1.76. The molecule has 0 aliphatic rings. The highest BCUT2D eigenvalue weighted by Crippen LogP contribution is 2.31. The largest absolute Gasteiger partial charge is 0.455 e. The summed E-state index contributed by atoms with van der Waals surface area (Å²) in [5.41, 5.74) is 6.96. The zero-order valence-corrected chi connectivity index (χ0v) is 13.1. The molecule has 0 spiro atoms. The summed E-state index contributed by atoms with van der Waals surface area (Å²) in [6.07, 6.45) is 0. The molecule has 0 saturated carbocycles. The molecule has 0 fully saturated rings. The molecule has 0 bridgehead atoms. The molecule has 0 aliphatic heterocycles. The fourth-order valence-corrected chi connectivity index (χ4v) is 2.59. The van der Waals surface area contributed by atoms with Crippen LogP contribution in [0.25, 0.3) is 0 Å². The Labute approximate surface area is 128 Å². The molecule has 3 N–H and O–H groups in total. The van der Waals surface area contributed by atoms with Gasteiger partial charge in [0.2, 0.25) is 10.0 Å². The van der Waals surface area contributed by atoms with E-state index in [1.54, 1.807) is 18.2 Å². The highest BCUT2D eigenvalue weighted by molar-refractivity contribution is 7.89. The average molecular weight is 327 g/mol. The van der Waals surface area contributed by atoms with Crippen LogP contribution in [0.4, 0.5) is 5.69 Å². The molecular weight excluding hydrogens is 312 g/mol. The van der Waals surface area contributed by atoms with Crippen LogP contribution in [0.15, 0.2) is 41.3 Å². The first-order chi connectivity index (χ1) is 9.83. The number of rotatable bonds is 4. The number of aryl methyl sites for hydroxylation is 1. The molecule has 0 saturated heterocycles. The lowest BCUT2D eigenvalue weighted by atomic mass is 10.2. The van der Waals surface area contributed by atoms with Crippen LogP contribution < -0.4 is 15.2 Å². The van der Waals surface area contributed by atoms with Gasteiger partial charge in [0.25, 0.3) is 0 Å². The minimum Gasteiger partial charge on any atom is -0.455 e. The van der Waals surface area contributed by atoms with Crippen LogP contribution in [0.2, 0.25) is 5.02 Å². The van der Waals surface area contributed by atoms with Crippen molar-refractivity contribution in [3.8, 4) is 11.5 Å². The second-order valence-electron chi connectivity index (χ2n) is 4.42. The summed E-state index contributed by atoms with van der Waals surface area (Å²) >= 11 is 5.95. The number of hydrogen-bond acceptors (Lipinski definition) is 4. The highest BCUT2D eigenvalue weighted by Gasteiger charge is 2.13. The van der Waals surface area contributed by atoms with Crippen LogP contribution >= 0.6 is 11.6 Å². The van der Waals surface area contributed by atoms with Crippen molar-refractivity contribution in [3.63, 3.8) is 0 Å². The molecule has 21 heavy (non-hydrogen) atoms. The molecule has 0 aliphatic carbocycles. The van der Waals surface area contributed by atoms with E-state index in [1.165, 1.54) is 25.2 Å². The van der Waals surface area contributed by atoms with Crippen LogP contribution in [-0.4, -0.2) is 15.5 Å². The summed E-state index contributed by atoms with van der Waals surface area (Å²) in [7, 11) is -2.19. The maximum absolute atomic E-state index is 11.7. The number of benzene rings is 2. The van der Waals surface area contributed by atoms with Crippen LogP contribution in [0.3, 0.4) is 0 Å². The number of ether oxygens (including phenoxy) is 1. The molecule has 0 atom stereocenters. The van der Waals surface area contributed by atoms with Gasteiger partial charge < -0.3 is 10.5 Å². The van der Waals surface area contributed by atoms with E-state index < -0.39 is 10.0 Å². The van der Waals surface area contributed by atoms with Crippen molar-refractivity contribution in [2.45, 2.75) is 11.8 Å². The van der Waals surface area contributed by atoms with Gasteiger partial charge in [-0.3, -0.25) is 0 Å². The van der Waals surface area contributed by atoms with Gasteiger partial charge in [0.15, 0.2) is 0 Å². The van der Waals surface area contributed by atoms with Crippen molar-refractivity contribution in [2.75, 3.05) is 12.8 Å². The Kier molecular flexibility index (Phi) is 4.41. The lowest BCUT2D eigenvalue weighted by Gasteiger charge is -2.11. The van der Waals surface area contributed by atoms with E-state index in [2.05, 4.69) is 4.72 Å². The number of anilines is 1. The second kappa shape index (κ2) is 5.93. The third-order valence-electron chi connectivity index (χ3n) is 2.92. The number of hydrogen-bond donors (Lipinski definition) is 2. The van der Waals surface area contributed by atoms with E-state index in [0.717, 1.165) is 5.56 Å². The van der Waals surface area contributed by atoms with Gasteiger partial charge in [-0.2, -0.15) is 0 Å². The number of nitrogens with one attached hydrogen (secondary N) is 1. The maximum Gasteiger partial charge on any atom is 0.240 e. The Morgan fingerprint density at radius 2 is 1.90 bits per heavy atom. The molecular formula is C14H15ClN2O3S. The highest BCUT2D eigenvalue weighted by atomic mass is 35.5. The molecule has 0 amide bonds. The Balaban J connectivity index is 2.31. The molecule has 0 aromatic heterocycles. The first-order valence-corrected chi connectivity index (χ1v) is 7.96. The molecule has 2 rings (SSSR count). The molecule has 5 nitrogen and oxygen atoms in total. The fraction of sp³-hybridized carbons (Fsp3) is 0.143. The number of nitrogens with two attached hydrogens (primary N) is 1. The van der Waals surface area contributed by atoms with Gasteiger partial charge >= 0.3 is 0 Å². The van der Waals surface area contributed by atoms with Gasteiger partial charge in [0, 0.05) is 5.02 Å². The van der Waals surface area contributed by atoms with E-state index >= 15 is 0 Å². The Morgan fingerprint density at radius 3 is 2.48 bits per heavy atom. The van der Waals surface area contributed by atoms with Crippen molar-refractivity contribution < 1.29 is 13.2 Å². The van der Waals surface area contributed by atoms with Gasteiger partial charge in [-0.25, -0.2) is 13.1 Å². The minimum absolute atomic E-state index is 0.0853. The van der Waals surface area contributed by atoms with Gasteiger partial charge in [-0.05, 0) is 55.9 Å². The number of nitrogen functional groups attached to an aromatic ring is 1. The van der Waals surface area contributed by atoms with E-state index in [0.29, 0.717) is 16.5 Å². The minimum atomic E-state index is -3.53. The number of halogens is 1. The van der Waals surface area contributed by atoms with Crippen LogP contribution in [0.5, 0.6) is 11.5 Å². The maximum atomic E-state index is 11.7. The van der Waals surface area contributed by atoms with Gasteiger partial charge in [0.05, 0.1) is 10.6 Å². The standard InChI is InChI=1S/C14H15ClN2O3S/c1-9-7-10(3-5-12(9)15)20-14-6-4-11(8-13(14)16)21(18,19)17-2/h3-8,17H,16H2,1-2H3. The van der Waals surface area contributed by atoms with Crippen LogP contribution in [-0.2, 0) is 10.0 Å². The summed E-state index contributed by atoms with van der Waals surface area (Å²) < 4.78 is 31.2. The summed E-state index contributed by atoms with van der Waals surface area (Å²) in [5, 5.41) is 0.644. The van der Waals surface area contributed by atoms with E-state index in [9.17, 15) is 8.42 Å². The van der Waals surface area contributed by atoms with E-state index in [4.69, 9.17) is 22.1 Å². The van der Waals surface area contributed by atoms with Crippen molar-refractivity contribution in [2.24, 2.45) is 0 Å². The topological polar surface area (TPSA) is 81.4 Å². The molecule has 7 heteroatoms. The summed E-state index contributed by atoms with van der Waals surface area (Å²) in [6, 6.07) is 9.52. The predicted molar refractivity (Wildman–Crippen MR) is 83.4 cm³/mol. The van der Waals surface area contributed by atoms with Gasteiger partial charge in [0.1, 0.15) is 11.5 Å². The molecule has 2 aromatic rings. The number of sulfonamides is 1. The lowest BCUT2D eigenvalue weighted by Crippen LogP contribution is -2.18. The molecule has 0 unspecified atom stereocenters. The fourth-order valence-electron chi connectivity index (χ4n) is 1.71. The third-order valence-corrected chi connectivity index (χ3v) is 4.75. The van der Waals surface area contributed by atoms with Crippen LogP contribution in [0, 0.1) is 6.92 Å². The smallest absolute Gasteiger partial charge is 0.240 e. The quantitative estimate of drug-likeness (QED) is 0.846. The summed E-state index contributed by atoms with van der Waals surface area (Å²) in [6.45, 7) is 1.86. The first kappa shape index (κ1) is 15.6. The van der Waals surface area contributed by atoms with Crippen LogP contribution in [0.1, 0.15) is 5.56 Å². The molecule has 112 valence electrons.